The third-order valence-electron chi connectivity index (χ3n) is 4.17. The first-order valence-corrected chi connectivity index (χ1v) is 8.04. The van der Waals surface area contributed by atoms with Gasteiger partial charge in [0, 0.05) is 19.1 Å². The minimum atomic E-state index is -0.658. The van der Waals surface area contributed by atoms with Crippen LogP contribution in [-0.4, -0.2) is 29.7 Å². The first kappa shape index (κ1) is 16.0. The molecule has 3 N–H and O–H groups in total. The van der Waals surface area contributed by atoms with Gasteiger partial charge in [0.2, 0.25) is 0 Å². The van der Waals surface area contributed by atoms with Crippen LogP contribution in [0.25, 0.3) is 0 Å². The molecule has 0 aliphatic carbocycles. The molecule has 3 rings (SSSR count). The lowest BCUT2D eigenvalue weighted by molar-refractivity contribution is 0.0870. The van der Waals surface area contributed by atoms with Gasteiger partial charge in [-0.15, -0.1) is 0 Å². The number of halogens is 1. The highest BCUT2D eigenvalue weighted by atomic mass is 35.5. The SMILES string of the molecule is O=C(NCC(O)[C@@H]1Cc2ccccc2CN1)c1ccccc1Cl. The van der Waals surface area contributed by atoms with Gasteiger partial charge >= 0.3 is 0 Å². The molecule has 120 valence electrons. The van der Waals surface area contributed by atoms with Gasteiger partial charge in [-0.2, -0.15) is 0 Å². The average molecular weight is 331 g/mol. The van der Waals surface area contributed by atoms with Crippen molar-refractivity contribution in [3.05, 3.63) is 70.2 Å². The van der Waals surface area contributed by atoms with Gasteiger partial charge in [0.15, 0.2) is 0 Å². The van der Waals surface area contributed by atoms with Crippen molar-refractivity contribution in [2.24, 2.45) is 0 Å². The molecule has 0 saturated heterocycles. The highest BCUT2D eigenvalue weighted by Gasteiger charge is 2.24. The van der Waals surface area contributed by atoms with E-state index >= 15 is 0 Å². The summed E-state index contributed by atoms with van der Waals surface area (Å²) in [5.41, 5.74) is 2.92. The normalized spacial score (nSPS) is 18.1. The Balaban J connectivity index is 1.57. The molecule has 0 bridgehead atoms. The number of hydrogen-bond donors (Lipinski definition) is 3. The lowest BCUT2D eigenvalue weighted by Crippen LogP contribution is -2.49. The van der Waals surface area contributed by atoms with E-state index in [2.05, 4.69) is 22.8 Å². The minimum Gasteiger partial charge on any atom is -0.390 e. The van der Waals surface area contributed by atoms with Crippen molar-refractivity contribution in [3.63, 3.8) is 0 Å². The van der Waals surface area contributed by atoms with E-state index in [1.54, 1.807) is 24.3 Å². The molecule has 2 aromatic rings. The van der Waals surface area contributed by atoms with Gasteiger partial charge in [-0.3, -0.25) is 4.79 Å². The van der Waals surface area contributed by atoms with Crippen molar-refractivity contribution in [2.45, 2.75) is 25.1 Å². The van der Waals surface area contributed by atoms with E-state index in [0.717, 1.165) is 13.0 Å². The summed E-state index contributed by atoms with van der Waals surface area (Å²) in [6, 6.07) is 15.0. The lowest BCUT2D eigenvalue weighted by atomic mass is 9.93. The Bertz CT molecular complexity index is 705. The van der Waals surface area contributed by atoms with Gasteiger partial charge in [-0.05, 0) is 29.7 Å². The van der Waals surface area contributed by atoms with Crippen LogP contribution in [0.15, 0.2) is 48.5 Å². The molecule has 23 heavy (non-hydrogen) atoms. The first-order valence-electron chi connectivity index (χ1n) is 7.66. The van der Waals surface area contributed by atoms with E-state index in [9.17, 15) is 9.90 Å². The Morgan fingerprint density at radius 3 is 2.70 bits per heavy atom. The Labute approximate surface area is 140 Å². The van der Waals surface area contributed by atoms with E-state index in [0.29, 0.717) is 10.6 Å². The smallest absolute Gasteiger partial charge is 0.252 e. The molecule has 0 radical (unpaired) electrons. The fraction of sp³-hybridized carbons (Fsp3) is 0.278. The second-order valence-corrected chi connectivity index (χ2v) is 6.12. The van der Waals surface area contributed by atoms with Crippen molar-refractivity contribution in [1.29, 1.82) is 0 Å². The molecule has 5 heteroatoms. The molecule has 2 atom stereocenters. The van der Waals surface area contributed by atoms with Crippen LogP contribution in [0.2, 0.25) is 5.02 Å². The summed E-state index contributed by atoms with van der Waals surface area (Å²) in [7, 11) is 0. The maximum atomic E-state index is 12.1. The van der Waals surface area contributed by atoms with Crippen molar-refractivity contribution in [3.8, 4) is 0 Å². The number of carbonyl (C=O) groups is 1. The van der Waals surface area contributed by atoms with Gasteiger partial charge in [0.25, 0.3) is 5.91 Å². The number of nitrogens with one attached hydrogen (secondary N) is 2. The molecular formula is C18H19ClN2O2. The van der Waals surface area contributed by atoms with Gasteiger partial charge < -0.3 is 15.7 Å². The van der Waals surface area contributed by atoms with Gasteiger partial charge in [-0.1, -0.05) is 48.0 Å². The van der Waals surface area contributed by atoms with Crippen LogP contribution in [0.5, 0.6) is 0 Å². The van der Waals surface area contributed by atoms with E-state index in [1.165, 1.54) is 11.1 Å². The van der Waals surface area contributed by atoms with Gasteiger partial charge in [0.1, 0.15) is 0 Å². The Kier molecular flexibility index (Phi) is 4.96. The van der Waals surface area contributed by atoms with Crippen LogP contribution in [0, 0.1) is 0 Å². The topological polar surface area (TPSA) is 61.4 Å². The van der Waals surface area contributed by atoms with Crippen LogP contribution in [-0.2, 0) is 13.0 Å². The molecule has 1 heterocycles. The van der Waals surface area contributed by atoms with E-state index in [4.69, 9.17) is 11.6 Å². The summed E-state index contributed by atoms with van der Waals surface area (Å²) < 4.78 is 0. The lowest BCUT2D eigenvalue weighted by Gasteiger charge is -2.30. The van der Waals surface area contributed by atoms with Crippen LogP contribution in [0.3, 0.4) is 0 Å². The maximum absolute atomic E-state index is 12.1. The molecular weight excluding hydrogens is 312 g/mol. The average Bonchev–Trinajstić information content (AvgIpc) is 2.59. The predicted octanol–water partition coefficient (Wildman–Crippen LogP) is 2.15. The number of fused-ring (bicyclic) bond motifs is 1. The highest BCUT2D eigenvalue weighted by molar-refractivity contribution is 6.33. The van der Waals surface area contributed by atoms with E-state index < -0.39 is 6.10 Å². The number of aliphatic hydroxyl groups is 1. The molecule has 1 aliphatic rings. The quantitative estimate of drug-likeness (QED) is 0.805. The fourth-order valence-corrected chi connectivity index (χ4v) is 3.05. The zero-order chi connectivity index (χ0) is 16.2. The molecule has 2 aromatic carbocycles. The monoisotopic (exact) mass is 330 g/mol. The minimum absolute atomic E-state index is 0.0727. The number of carbonyl (C=O) groups excluding carboxylic acids is 1. The van der Waals surface area contributed by atoms with Crippen molar-refractivity contribution in [2.75, 3.05) is 6.54 Å². The van der Waals surface area contributed by atoms with E-state index in [-0.39, 0.29) is 18.5 Å². The summed E-state index contributed by atoms with van der Waals surface area (Å²) in [6.07, 6.45) is 0.0917. The van der Waals surface area contributed by atoms with Crippen LogP contribution in [0.1, 0.15) is 21.5 Å². The van der Waals surface area contributed by atoms with Crippen LogP contribution < -0.4 is 10.6 Å². The Hall–Kier alpha value is -1.88. The maximum Gasteiger partial charge on any atom is 0.252 e. The molecule has 0 aromatic heterocycles. The zero-order valence-electron chi connectivity index (χ0n) is 12.6. The fourth-order valence-electron chi connectivity index (χ4n) is 2.83. The number of hydrogen-bond acceptors (Lipinski definition) is 3. The number of amides is 1. The molecule has 0 saturated carbocycles. The van der Waals surface area contributed by atoms with Crippen molar-refractivity contribution < 1.29 is 9.90 Å². The van der Waals surface area contributed by atoms with Crippen LogP contribution in [0.4, 0.5) is 0 Å². The third-order valence-corrected chi connectivity index (χ3v) is 4.50. The standard InChI is InChI=1S/C18H19ClN2O2/c19-15-8-4-3-7-14(15)18(23)21-11-17(22)16-9-12-5-1-2-6-13(12)10-20-16/h1-8,16-17,20,22H,9-11H2,(H,21,23)/t16-,17?/m0/s1. The van der Waals surface area contributed by atoms with E-state index in [1.807, 2.05) is 12.1 Å². The van der Waals surface area contributed by atoms with Crippen LogP contribution >= 0.6 is 11.6 Å². The summed E-state index contributed by atoms with van der Waals surface area (Å²) in [4.78, 5) is 12.1. The summed E-state index contributed by atoms with van der Waals surface area (Å²) in [5.74, 6) is -0.272. The molecule has 1 amide bonds. The van der Waals surface area contributed by atoms with Crippen molar-refractivity contribution >= 4 is 17.5 Å². The first-order chi connectivity index (χ1) is 11.1. The number of rotatable bonds is 4. The van der Waals surface area contributed by atoms with Gasteiger partial charge in [-0.25, -0.2) is 0 Å². The number of aliphatic hydroxyl groups excluding tert-OH is 1. The predicted molar refractivity (Wildman–Crippen MR) is 90.6 cm³/mol. The Morgan fingerprint density at radius 1 is 1.22 bits per heavy atom. The molecule has 4 nitrogen and oxygen atoms in total. The largest absolute Gasteiger partial charge is 0.390 e. The number of benzene rings is 2. The highest BCUT2D eigenvalue weighted by Crippen LogP contribution is 2.18. The molecule has 0 fully saturated rings. The second kappa shape index (κ2) is 7.13. The Morgan fingerprint density at radius 2 is 1.91 bits per heavy atom. The summed E-state index contributed by atoms with van der Waals surface area (Å²) >= 11 is 6.00. The molecule has 0 spiro atoms. The summed E-state index contributed by atoms with van der Waals surface area (Å²) in [5, 5.41) is 16.8. The molecule has 1 aliphatic heterocycles. The molecule has 1 unspecified atom stereocenters. The summed E-state index contributed by atoms with van der Waals surface area (Å²) in [6.45, 7) is 0.917. The third kappa shape index (κ3) is 3.72. The second-order valence-electron chi connectivity index (χ2n) is 5.72. The van der Waals surface area contributed by atoms with Gasteiger partial charge in [0.05, 0.1) is 16.7 Å². The zero-order valence-corrected chi connectivity index (χ0v) is 13.4. The van der Waals surface area contributed by atoms with Crippen molar-refractivity contribution in [1.82, 2.24) is 10.6 Å².